The summed E-state index contributed by atoms with van der Waals surface area (Å²) in [6.07, 6.45) is 0.455. The molecule has 0 fully saturated rings. The average molecular weight is 400 g/mol. The first kappa shape index (κ1) is 23.9. The molecule has 0 aromatic rings. The number of carbonyl (C=O) groups excluding carboxylic acids is 3. The molecule has 0 aromatic carbocycles. The van der Waals surface area contributed by atoms with Gasteiger partial charge in [-0.2, -0.15) is 4.89 Å². The van der Waals surface area contributed by atoms with Gasteiger partial charge >= 0.3 is 33.2 Å². The molecule has 1 N–H and O–H groups in total. The van der Waals surface area contributed by atoms with Gasteiger partial charge in [0.25, 0.3) is 0 Å². The van der Waals surface area contributed by atoms with Crippen molar-refractivity contribution in [1.82, 2.24) is 0 Å². The van der Waals surface area contributed by atoms with Crippen molar-refractivity contribution in [2.45, 2.75) is 26.7 Å². The Morgan fingerprint density at radius 3 is 2.16 bits per heavy atom. The lowest BCUT2D eigenvalue weighted by Gasteiger charge is -2.13. The number of methoxy groups -OCH3 is 1. The minimum atomic E-state index is -2.96. The van der Waals surface area contributed by atoms with Crippen LogP contribution in [0.5, 0.6) is 0 Å². The van der Waals surface area contributed by atoms with Gasteiger partial charge in [-0.3, -0.25) is 14.4 Å². The van der Waals surface area contributed by atoms with Crippen LogP contribution in [0.2, 0.25) is 0 Å². The van der Waals surface area contributed by atoms with Crippen molar-refractivity contribution in [2.24, 2.45) is 11.8 Å². The van der Waals surface area contributed by atoms with Gasteiger partial charge in [-0.05, 0) is 20.3 Å². The number of esters is 3. The molecule has 0 rings (SSSR count). The standard InChI is InChI=1S/C13H22O10P2/c1-9(12(15)21-6-4-5-11(14)20-3)7-22-13(16)10(2)8-23-25(19)24(17)18/h9-10H,4-8H2,1-3H3,(H,17,18). The molecule has 0 aromatic heterocycles. The molecule has 10 nitrogen and oxygen atoms in total. The van der Waals surface area contributed by atoms with E-state index in [-0.39, 0.29) is 26.2 Å². The van der Waals surface area contributed by atoms with E-state index in [4.69, 9.17) is 14.4 Å². The molecule has 0 aliphatic carbocycles. The van der Waals surface area contributed by atoms with E-state index in [9.17, 15) is 24.2 Å². The van der Waals surface area contributed by atoms with E-state index in [2.05, 4.69) is 9.26 Å². The highest BCUT2D eigenvalue weighted by Crippen LogP contribution is 2.33. The maximum Gasteiger partial charge on any atom is 0.450 e. The lowest BCUT2D eigenvalue weighted by molar-refractivity contribution is -0.189. The fourth-order valence-corrected chi connectivity index (χ4v) is 2.29. The number of carbonyl (C=O) groups is 3. The van der Waals surface area contributed by atoms with Crippen molar-refractivity contribution in [3.63, 3.8) is 0 Å². The highest BCUT2D eigenvalue weighted by Gasteiger charge is 2.23. The van der Waals surface area contributed by atoms with Crippen LogP contribution in [0.15, 0.2) is 0 Å². The molecule has 144 valence electrons. The quantitative estimate of drug-likeness (QED) is 0.209. The molecule has 0 saturated carbocycles. The molecule has 25 heavy (non-hydrogen) atoms. The third-order valence-electron chi connectivity index (χ3n) is 2.85. The Labute approximate surface area is 147 Å². The van der Waals surface area contributed by atoms with Crippen LogP contribution in [0.3, 0.4) is 0 Å². The van der Waals surface area contributed by atoms with Crippen LogP contribution in [0.4, 0.5) is 0 Å². The van der Waals surface area contributed by atoms with Crippen LogP contribution in [-0.4, -0.2) is 49.7 Å². The Balaban J connectivity index is 4.03. The Kier molecular flexibility index (Phi) is 12.5. The zero-order valence-electron chi connectivity index (χ0n) is 14.2. The molecular weight excluding hydrogens is 378 g/mol. The predicted octanol–water partition coefficient (Wildman–Crippen LogP) is -0.433. The van der Waals surface area contributed by atoms with Crippen molar-refractivity contribution in [1.29, 1.82) is 0 Å². The van der Waals surface area contributed by atoms with Gasteiger partial charge in [-0.25, -0.2) is 0 Å². The molecule has 0 amide bonds. The summed E-state index contributed by atoms with van der Waals surface area (Å²) in [7, 11) is -4.44. The van der Waals surface area contributed by atoms with E-state index in [1.807, 2.05) is 0 Å². The van der Waals surface area contributed by atoms with Crippen molar-refractivity contribution in [2.75, 3.05) is 26.9 Å². The molecule has 4 atom stereocenters. The Bertz CT molecular complexity index is 489. The van der Waals surface area contributed by atoms with E-state index in [1.54, 1.807) is 0 Å². The molecule has 0 bridgehead atoms. The van der Waals surface area contributed by atoms with E-state index in [0.29, 0.717) is 6.42 Å². The average Bonchev–Trinajstić information content (AvgIpc) is 2.59. The zero-order valence-corrected chi connectivity index (χ0v) is 16.0. The lowest BCUT2D eigenvalue weighted by atomic mass is 10.2. The lowest BCUT2D eigenvalue weighted by Crippen LogP contribution is -2.26. The van der Waals surface area contributed by atoms with Gasteiger partial charge in [0.2, 0.25) is 0 Å². The number of rotatable bonds is 11. The summed E-state index contributed by atoms with van der Waals surface area (Å²) in [5.41, 5.74) is 0. The molecule has 12 heteroatoms. The summed E-state index contributed by atoms with van der Waals surface area (Å²) in [5.74, 6) is -3.22. The van der Waals surface area contributed by atoms with Gasteiger partial charge in [0.05, 0.1) is 25.6 Å². The predicted molar refractivity (Wildman–Crippen MR) is 83.5 cm³/mol. The summed E-state index contributed by atoms with van der Waals surface area (Å²) in [6, 6.07) is 0. The molecular formula is C13H22O10P2. The second kappa shape index (κ2) is 13.1. The van der Waals surface area contributed by atoms with Gasteiger partial charge in [-0.1, -0.05) is 0 Å². The number of hydrogen-bond acceptors (Lipinski definition) is 9. The normalized spacial score (nSPS) is 14.2. The second-order valence-electron chi connectivity index (χ2n) is 5.07. The molecule has 0 radical (unpaired) electrons. The van der Waals surface area contributed by atoms with Crippen molar-refractivity contribution in [3.8, 4) is 0 Å². The van der Waals surface area contributed by atoms with Crippen LogP contribution in [0, 0.1) is 11.8 Å². The minimum Gasteiger partial charge on any atom is -0.566 e. The maximum atomic E-state index is 11.7. The fourth-order valence-electron chi connectivity index (χ4n) is 1.34. The molecule has 0 aliphatic rings. The first-order valence-electron chi connectivity index (χ1n) is 7.35. The topological polar surface area (TPSA) is 154 Å². The largest absolute Gasteiger partial charge is 0.566 e. The highest BCUT2D eigenvalue weighted by atomic mass is 31.8. The van der Waals surface area contributed by atoms with E-state index >= 15 is 0 Å². The molecule has 4 unspecified atom stereocenters. The zero-order chi connectivity index (χ0) is 19.4. The maximum absolute atomic E-state index is 11.7. The summed E-state index contributed by atoms with van der Waals surface area (Å²) in [6.45, 7) is 2.40. The number of hydrogen-bond donors (Lipinski definition) is 1. The van der Waals surface area contributed by atoms with E-state index in [0.717, 1.165) is 0 Å². The number of ether oxygens (including phenoxy) is 3. The summed E-state index contributed by atoms with van der Waals surface area (Å²) >= 11 is 0. The molecule has 0 saturated heterocycles. The Morgan fingerprint density at radius 1 is 1.04 bits per heavy atom. The van der Waals surface area contributed by atoms with Gasteiger partial charge in [-0.15, -0.1) is 4.52 Å². The van der Waals surface area contributed by atoms with E-state index in [1.165, 1.54) is 21.0 Å². The van der Waals surface area contributed by atoms with Gasteiger partial charge in [0.15, 0.2) is 0 Å². The first-order chi connectivity index (χ1) is 11.7. The van der Waals surface area contributed by atoms with Gasteiger partial charge < -0.3 is 24.0 Å². The van der Waals surface area contributed by atoms with Gasteiger partial charge in [0, 0.05) is 6.42 Å². The monoisotopic (exact) mass is 400 g/mol. The Hall–Kier alpha value is -1.15. The molecule has 0 aliphatic heterocycles. The highest BCUT2D eigenvalue weighted by molar-refractivity contribution is 7.90. The molecule has 0 heterocycles. The van der Waals surface area contributed by atoms with E-state index < -0.39 is 45.1 Å². The molecule has 0 spiro atoms. The summed E-state index contributed by atoms with van der Waals surface area (Å²) in [4.78, 5) is 64.2. The second-order valence-corrected chi connectivity index (χ2v) is 8.31. The van der Waals surface area contributed by atoms with Crippen LogP contribution in [0.25, 0.3) is 0 Å². The Morgan fingerprint density at radius 2 is 1.60 bits per heavy atom. The van der Waals surface area contributed by atoms with Crippen LogP contribution in [-0.2, 0) is 33.1 Å². The third-order valence-corrected chi connectivity index (χ3v) is 4.69. The third kappa shape index (κ3) is 11.1. The SMILES string of the molecule is COC(=O)CCCOC(=O)C(C)COC(=O)C(C)CO[P+]([O-])=[P+]([O-])O. The van der Waals surface area contributed by atoms with Crippen molar-refractivity contribution >= 4 is 33.2 Å². The van der Waals surface area contributed by atoms with Crippen LogP contribution in [0.1, 0.15) is 26.7 Å². The van der Waals surface area contributed by atoms with Crippen LogP contribution >= 0.6 is 15.3 Å². The first-order valence-corrected chi connectivity index (χ1v) is 10.4. The minimum absolute atomic E-state index is 0.0445. The van der Waals surface area contributed by atoms with Crippen molar-refractivity contribution in [3.05, 3.63) is 0 Å². The van der Waals surface area contributed by atoms with Crippen LogP contribution < -0.4 is 9.79 Å². The van der Waals surface area contributed by atoms with Gasteiger partial charge in [0.1, 0.15) is 13.2 Å². The summed E-state index contributed by atoms with van der Waals surface area (Å²) in [5, 5.41) is 0. The fraction of sp³-hybridized carbons (Fsp3) is 0.769. The van der Waals surface area contributed by atoms with Crippen molar-refractivity contribution < 1.29 is 47.8 Å². The summed E-state index contributed by atoms with van der Waals surface area (Å²) < 4.78 is 18.9. The smallest absolute Gasteiger partial charge is 0.450 e.